The molecule has 0 radical (unpaired) electrons. The topological polar surface area (TPSA) is 73.9 Å². The summed E-state index contributed by atoms with van der Waals surface area (Å²) < 4.78 is 16.1. The van der Waals surface area contributed by atoms with Crippen molar-refractivity contribution in [3.05, 3.63) is 53.6 Å². The van der Waals surface area contributed by atoms with Crippen molar-refractivity contribution in [2.24, 2.45) is 0 Å². The van der Waals surface area contributed by atoms with Crippen LogP contribution in [0.1, 0.15) is 22.8 Å². The average Bonchev–Trinajstić information content (AvgIpc) is 2.65. The first kappa shape index (κ1) is 19.3. The molecule has 1 N–H and O–H groups in total. The Balaban J connectivity index is 1.87. The summed E-state index contributed by atoms with van der Waals surface area (Å²) in [5.74, 6) is 1.62. The number of ketones is 1. The molecule has 26 heavy (non-hydrogen) atoms. The van der Waals surface area contributed by atoms with Gasteiger partial charge in [-0.15, -0.1) is 0 Å². The first-order valence-electron chi connectivity index (χ1n) is 8.25. The molecule has 0 bridgehead atoms. The van der Waals surface area contributed by atoms with Crippen LogP contribution in [0.5, 0.6) is 17.2 Å². The molecule has 6 nitrogen and oxygen atoms in total. The van der Waals surface area contributed by atoms with E-state index in [9.17, 15) is 9.59 Å². The summed E-state index contributed by atoms with van der Waals surface area (Å²) in [6, 6.07) is 12.4. The van der Waals surface area contributed by atoms with Crippen LogP contribution in [0, 0.1) is 0 Å². The molecule has 1 amide bonds. The van der Waals surface area contributed by atoms with Gasteiger partial charge in [-0.05, 0) is 37.3 Å². The summed E-state index contributed by atoms with van der Waals surface area (Å²) in [5.41, 5.74) is 1.22. The molecule has 2 rings (SSSR count). The number of amides is 1. The predicted octanol–water partition coefficient (Wildman–Crippen LogP) is 2.64. The smallest absolute Gasteiger partial charge is 0.224 e. The van der Waals surface area contributed by atoms with Crippen molar-refractivity contribution in [3.8, 4) is 17.2 Å². The molecule has 0 fully saturated rings. The summed E-state index contributed by atoms with van der Waals surface area (Å²) in [4.78, 5) is 23.7. The van der Waals surface area contributed by atoms with Gasteiger partial charge in [0.15, 0.2) is 17.3 Å². The van der Waals surface area contributed by atoms with Gasteiger partial charge >= 0.3 is 0 Å². The molecule has 138 valence electrons. The number of carbonyl (C=O) groups is 2. The standard InChI is InChI=1S/C20H23NO5/c1-14(22)15-8-9-17(24-2)16(12-15)13-20(23)21-10-11-26-19-7-5-4-6-18(19)25-3/h4-9,12H,10-11,13H2,1-3H3,(H,21,23). The van der Waals surface area contributed by atoms with Gasteiger partial charge in [0, 0.05) is 11.1 Å². The van der Waals surface area contributed by atoms with Crippen LogP contribution in [-0.2, 0) is 11.2 Å². The van der Waals surface area contributed by atoms with Gasteiger partial charge in [0.1, 0.15) is 12.4 Å². The SMILES string of the molecule is COc1ccc(C(C)=O)cc1CC(=O)NCCOc1ccccc1OC. The van der Waals surface area contributed by atoms with E-state index in [0.717, 1.165) is 0 Å². The molecule has 0 atom stereocenters. The number of methoxy groups -OCH3 is 2. The van der Waals surface area contributed by atoms with E-state index >= 15 is 0 Å². The van der Waals surface area contributed by atoms with Crippen LogP contribution in [0.4, 0.5) is 0 Å². The minimum absolute atomic E-state index is 0.0560. The Labute approximate surface area is 153 Å². The minimum Gasteiger partial charge on any atom is -0.496 e. The second kappa shape index (κ2) is 9.46. The molecule has 0 aliphatic rings. The Bertz CT molecular complexity index is 773. The molecule has 0 aliphatic heterocycles. The zero-order chi connectivity index (χ0) is 18.9. The van der Waals surface area contributed by atoms with E-state index in [-0.39, 0.29) is 18.1 Å². The molecule has 2 aromatic rings. The number of rotatable bonds is 9. The van der Waals surface area contributed by atoms with Crippen molar-refractivity contribution in [1.82, 2.24) is 5.32 Å². The molecular weight excluding hydrogens is 334 g/mol. The summed E-state index contributed by atoms with van der Waals surface area (Å²) in [5, 5.41) is 2.79. The number of para-hydroxylation sites is 2. The number of hydrogen-bond acceptors (Lipinski definition) is 5. The number of Topliss-reactive ketones (excluding diaryl/α,β-unsaturated/α-hetero) is 1. The third-order valence-corrected chi connectivity index (χ3v) is 3.79. The Morgan fingerprint density at radius 1 is 0.962 bits per heavy atom. The molecule has 0 aromatic heterocycles. The Morgan fingerprint density at radius 2 is 1.65 bits per heavy atom. The fourth-order valence-electron chi connectivity index (χ4n) is 2.46. The quantitative estimate of drug-likeness (QED) is 0.552. The maximum absolute atomic E-state index is 12.2. The van der Waals surface area contributed by atoms with E-state index in [1.807, 2.05) is 18.2 Å². The molecule has 0 unspecified atom stereocenters. The highest BCUT2D eigenvalue weighted by Crippen LogP contribution is 2.25. The van der Waals surface area contributed by atoms with Gasteiger partial charge in [-0.25, -0.2) is 0 Å². The van der Waals surface area contributed by atoms with E-state index in [1.54, 1.807) is 31.4 Å². The number of nitrogens with one attached hydrogen (secondary N) is 1. The average molecular weight is 357 g/mol. The van der Waals surface area contributed by atoms with Crippen molar-refractivity contribution in [2.45, 2.75) is 13.3 Å². The maximum Gasteiger partial charge on any atom is 0.224 e. The van der Waals surface area contributed by atoms with Crippen LogP contribution in [-0.4, -0.2) is 39.1 Å². The van der Waals surface area contributed by atoms with Gasteiger partial charge in [0.25, 0.3) is 0 Å². The lowest BCUT2D eigenvalue weighted by atomic mass is 10.0. The van der Waals surface area contributed by atoms with Crippen LogP contribution in [0.3, 0.4) is 0 Å². The predicted molar refractivity (Wildman–Crippen MR) is 98.2 cm³/mol. The van der Waals surface area contributed by atoms with Crippen molar-refractivity contribution in [3.63, 3.8) is 0 Å². The second-order valence-corrected chi connectivity index (χ2v) is 5.61. The van der Waals surface area contributed by atoms with Crippen LogP contribution >= 0.6 is 0 Å². The highest BCUT2D eigenvalue weighted by molar-refractivity contribution is 5.94. The van der Waals surface area contributed by atoms with Crippen LogP contribution in [0.25, 0.3) is 0 Å². The van der Waals surface area contributed by atoms with Gasteiger partial charge in [0.2, 0.25) is 5.91 Å². The van der Waals surface area contributed by atoms with Gasteiger partial charge in [-0.1, -0.05) is 12.1 Å². The highest BCUT2D eigenvalue weighted by atomic mass is 16.5. The summed E-state index contributed by atoms with van der Waals surface area (Å²) >= 11 is 0. The van der Waals surface area contributed by atoms with E-state index in [4.69, 9.17) is 14.2 Å². The fraction of sp³-hybridized carbons (Fsp3) is 0.300. The summed E-state index contributed by atoms with van der Waals surface area (Å²) in [7, 11) is 3.11. The number of ether oxygens (including phenoxy) is 3. The maximum atomic E-state index is 12.2. The van der Waals surface area contributed by atoms with Gasteiger partial charge in [0.05, 0.1) is 27.2 Å². The Hall–Kier alpha value is -3.02. The van der Waals surface area contributed by atoms with E-state index in [0.29, 0.717) is 41.5 Å². The Morgan fingerprint density at radius 3 is 2.31 bits per heavy atom. The van der Waals surface area contributed by atoms with Crippen LogP contribution in [0.15, 0.2) is 42.5 Å². The molecule has 2 aromatic carbocycles. The number of benzene rings is 2. The van der Waals surface area contributed by atoms with E-state index < -0.39 is 0 Å². The van der Waals surface area contributed by atoms with E-state index in [2.05, 4.69) is 5.32 Å². The first-order chi connectivity index (χ1) is 12.5. The normalized spacial score (nSPS) is 10.1. The molecule has 0 saturated heterocycles. The van der Waals surface area contributed by atoms with Crippen molar-refractivity contribution in [2.75, 3.05) is 27.4 Å². The number of hydrogen-bond donors (Lipinski definition) is 1. The summed E-state index contributed by atoms with van der Waals surface area (Å²) in [6.07, 6.45) is 0.124. The monoisotopic (exact) mass is 357 g/mol. The highest BCUT2D eigenvalue weighted by Gasteiger charge is 2.11. The van der Waals surface area contributed by atoms with Gasteiger partial charge in [-0.3, -0.25) is 9.59 Å². The lowest BCUT2D eigenvalue weighted by Crippen LogP contribution is -2.29. The minimum atomic E-state index is -0.173. The molecular formula is C20H23NO5. The largest absolute Gasteiger partial charge is 0.496 e. The fourth-order valence-corrected chi connectivity index (χ4v) is 2.46. The molecule has 0 saturated carbocycles. The van der Waals surface area contributed by atoms with Gasteiger partial charge < -0.3 is 19.5 Å². The third-order valence-electron chi connectivity index (χ3n) is 3.79. The van der Waals surface area contributed by atoms with Crippen LogP contribution < -0.4 is 19.5 Å². The van der Waals surface area contributed by atoms with Crippen molar-refractivity contribution in [1.29, 1.82) is 0 Å². The third kappa shape index (κ3) is 5.24. The van der Waals surface area contributed by atoms with Crippen molar-refractivity contribution >= 4 is 11.7 Å². The van der Waals surface area contributed by atoms with E-state index in [1.165, 1.54) is 14.0 Å². The zero-order valence-corrected chi connectivity index (χ0v) is 15.2. The van der Waals surface area contributed by atoms with Gasteiger partial charge in [-0.2, -0.15) is 0 Å². The second-order valence-electron chi connectivity index (χ2n) is 5.61. The lowest BCUT2D eigenvalue weighted by Gasteiger charge is -2.12. The number of carbonyl (C=O) groups excluding carboxylic acids is 2. The molecule has 0 aliphatic carbocycles. The summed E-state index contributed by atoms with van der Waals surface area (Å²) in [6.45, 7) is 2.16. The molecule has 6 heteroatoms. The Kier molecular flexibility index (Phi) is 7.02. The first-order valence-corrected chi connectivity index (χ1v) is 8.25. The molecule has 0 heterocycles. The zero-order valence-electron chi connectivity index (χ0n) is 15.2. The van der Waals surface area contributed by atoms with Crippen molar-refractivity contribution < 1.29 is 23.8 Å². The molecule has 0 spiro atoms. The van der Waals surface area contributed by atoms with Crippen LogP contribution in [0.2, 0.25) is 0 Å². The lowest BCUT2D eigenvalue weighted by molar-refractivity contribution is -0.120.